The van der Waals surface area contributed by atoms with Gasteiger partial charge in [-0.15, -0.1) is 0 Å². The highest BCUT2D eigenvalue weighted by molar-refractivity contribution is 5.79. The van der Waals surface area contributed by atoms with Crippen molar-refractivity contribution in [1.29, 1.82) is 0 Å². The summed E-state index contributed by atoms with van der Waals surface area (Å²) in [6, 6.07) is 17.0. The van der Waals surface area contributed by atoms with Crippen LogP contribution in [-0.2, 0) is 17.6 Å². The highest BCUT2D eigenvalue weighted by Gasteiger charge is 2.09. The second-order valence-corrected chi connectivity index (χ2v) is 5.88. The zero-order valence-corrected chi connectivity index (χ0v) is 14.1. The predicted molar refractivity (Wildman–Crippen MR) is 96.4 cm³/mol. The number of carbonyl (C=O) groups excluding carboxylic acids is 1. The SMILES string of the molecule is O=C(CCc1cc2cc(OCCc3ccccc3)ccc2oc1=O)NO. The Morgan fingerprint density at radius 3 is 2.65 bits per heavy atom. The van der Waals surface area contributed by atoms with Gasteiger partial charge in [0.25, 0.3) is 0 Å². The number of hydrogen-bond acceptors (Lipinski definition) is 5. The van der Waals surface area contributed by atoms with Gasteiger partial charge in [0.05, 0.1) is 6.61 Å². The topological polar surface area (TPSA) is 88.8 Å². The van der Waals surface area contributed by atoms with Crippen molar-refractivity contribution >= 4 is 16.9 Å². The van der Waals surface area contributed by atoms with E-state index in [-0.39, 0.29) is 12.8 Å². The first-order valence-electron chi connectivity index (χ1n) is 8.32. The molecular weight excluding hydrogens is 334 g/mol. The minimum atomic E-state index is -0.553. The van der Waals surface area contributed by atoms with Crippen LogP contribution in [0, 0.1) is 0 Å². The van der Waals surface area contributed by atoms with Crippen molar-refractivity contribution < 1.29 is 19.2 Å². The second-order valence-electron chi connectivity index (χ2n) is 5.88. The summed E-state index contributed by atoms with van der Waals surface area (Å²) >= 11 is 0. The fraction of sp³-hybridized carbons (Fsp3) is 0.200. The van der Waals surface area contributed by atoms with Crippen LogP contribution in [0.2, 0.25) is 0 Å². The van der Waals surface area contributed by atoms with Gasteiger partial charge in [0.1, 0.15) is 11.3 Å². The second kappa shape index (κ2) is 8.31. The lowest BCUT2D eigenvalue weighted by molar-refractivity contribution is -0.129. The lowest BCUT2D eigenvalue weighted by atomic mass is 10.1. The Morgan fingerprint density at radius 1 is 1.08 bits per heavy atom. The van der Waals surface area contributed by atoms with Crippen LogP contribution in [0.25, 0.3) is 11.0 Å². The third kappa shape index (κ3) is 4.49. The van der Waals surface area contributed by atoms with Crippen molar-refractivity contribution in [2.45, 2.75) is 19.3 Å². The van der Waals surface area contributed by atoms with E-state index in [1.165, 1.54) is 5.56 Å². The maximum absolute atomic E-state index is 12.0. The Morgan fingerprint density at radius 2 is 1.88 bits per heavy atom. The standard InChI is InChI=1S/C20H19NO5/c22-19(21-24)9-6-15-12-16-13-17(7-8-18(16)26-20(15)23)25-11-10-14-4-2-1-3-5-14/h1-5,7-8,12-13,24H,6,9-11H2,(H,21,22). The van der Waals surface area contributed by atoms with Gasteiger partial charge >= 0.3 is 5.63 Å². The molecule has 0 radical (unpaired) electrons. The molecule has 1 amide bonds. The molecule has 0 aliphatic rings. The number of aryl methyl sites for hydroxylation is 1. The Balaban J connectivity index is 1.71. The molecule has 1 heterocycles. The van der Waals surface area contributed by atoms with Crippen LogP contribution in [0.15, 0.2) is 63.8 Å². The van der Waals surface area contributed by atoms with Gasteiger partial charge in [0.2, 0.25) is 5.91 Å². The number of amides is 1. The van der Waals surface area contributed by atoms with E-state index in [1.807, 2.05) is 30.3 Å². The zero-order valence-electron chi connectivity index (χ0n) is 14.1. The highest BCUT2D eigenvalue weighted by Crippen LogP contribution is 2.21. The molecule has 0 unspecified atom stereocenters. The first-order valence-corrected chi connectivity index (χ1v) is 8.32. The van der Waals surface area contributed by atoms with E-state index in [1.54, 1.807) is 29.7 Å². The number of hydroxylamine groups is 1. The fourth-order valence-electron chi connectivity index (χ4n) is 2.64. The van der Waals surface area contributed by atoms with Crippen LogP contribution in [-0.4, -0.2) is 17.7 Å². The average Bonchev–Trinajstić information content (AvgIpc) is 2.67. The molecule has 0 aliphatic heterocycles. The Hall–Kier alpha value is -3.12. The van der Waals surface area contributed by atoms with Gasteiger partial charge in [0.15, 0.2) is 0 Å². The molecule has 1 aromatic heterocycles. The van der Waals surface area contributed by atoms with Crippen LogP contribution in [0.3, 0.4) is 0 Å². The number of nitrogens with one attached hydrogen (secondary N) is 1. The van der Waals surface area contributed by atoms with Crippen LogP contribution in [0.4, 0.5) is 0 Å². The first kappa shape index (κ1) is 17.7. The summed E-state index contributed by atoms with van der Waals surface area (Å²) in [6.07, 6.45) is 0.980. The summed E-state index contributed by atoms with van der Waals surface area (Å²) in [4.78, 5) is 23.1. The average molecular weight is 353 g/mol. The third-order valence-electron chi connectivity index (χ3n) is 4.02. The van der Waals surface area contributed by atoms with Gasteiger partial charge in [-0.1, -0.05) is 30.3 Å². The lowest BCUT2D eigenvalue weighted by Crippen LogP contribution is -2.20. The van der Waals surface area contributed by atoms with Crippen LogP contribution in [0.1, 0.15) is 17.5 Å². The third-order valence-corrected chi connectivity index (χ3v) is 4.02. The minimum Gasteiger partial charge on any atom is -0.493 e. The summed E-state index contributed by atoms with van der Waals surface area (Å²) in [7, 11) is 0. The van der Waals surface area contributed by atoms with E-state index >= 15 is 0 Å². The first-order chi connectivity index (χ1) is 12.7. The molecule has 0 atom stereocenters. The Kier molecular flexibility index (Phi) is 5.66. The van der Waals surface area contributed by atoms with Crippen molar-refractivity contribution in [3.63, 3.8) is 0 Å². The molecule has 0 saturated heterocycles. The van der Waals surface area contributed by atoms with Gasteiger partial charge in [-0.25, -0.2) is 10.3 Å². The van der Waals surface area contributed by atoms with Gasteiger partial charge < -0.3 is 9.15 Å². The highest BCUT2D eigenvalue weighted by atomic mass is 16.5. The number of hydrogen-bond donors (Lipinski definition) is 2. The quantitative estimate of drug-likeness (QED) is 0.387. The number of benzene rings is 2. The number of fused-ring (bicyclic) bond motifs is 1. The number of carbonyl (C=O) groups is 1. The minimum absolute atomic E-state index is 0.0000328. The van der Waals surface area contributed by atoms with E-state index in [0.29, 0.717) is 23.5 Å². The number of rotatable bonds is 7. The van der Waals surface area contributed by atoms with E-state index in [2.05, 4.69) is 0 Å². The molecule has 0 fully saturated rings. The molecule has 2 aromatic carbocycles. The molecule has 3 rings (SSSR count). The molecule has 0 saturated carbocycles. The smallest absolute Gasteiger partial charge is 0.339 e. The predicted octanol–water partition coefficient (Wildman–Crippen LogP) is 2.85. The number of ether oxygens (including phenoxy) is 1. The molecule has 0 spiro atoms. The lowest BCUT2D eigenvalue weighted by Gasteiger charge is -2.08. The molecule has 0 bridgehead atoms. The van der Waals surface area contributed by atoms with Crippen molar-refractivity contribution in [3.05, 3.63) is 76.1 Å². The summed E-state index contributed by atoms with van der Waals surface area (Å²) in [5.74, 6) is 0.129. The molecule has 3 aromatic rings. The van der Waals surface area contributed by atoms with Gasteiger partial charge in [-0.3, -0.25) is 10.0 Å². The molecule has 2 N–H and O–H groups in total. The van der Waals surface area contributed by atoms with E-state index in [9.17, 15) is 9.59 Å². The van der Waals surface area contributed by atoms with Crippen molar-refractivity contribution in [1.82, 2.24) is 5.48 Å². The molecule has 6 nitrogen and oxygen atoms in total. The van der Waals surface area contributed by atoms with Gasteiger partial charge in [0, 0.05) is 23.8 Å². The summed E-state index contributed by atoms with van der Waals surface area (Å²) < 4.78 is 11.1. The van der Waals surface area contributed by atoms with Gasteiger partial charge in [-0.05, 0) is 36.2 Å². The van der Waals surface area contributed by atoms with Gasteiger partial charge in [-0.2, -0.15) is 0 Å². The largest absolute Gasteiger partial charge is 0.493 e. The molecule has 134 valence electrons. The summed E-state index contributed by atoms with van der Waals surface area (Å²) in [5, 5.41) is 9.26. The fourth-order valence-corrected chi connectivity index (χ4v) is 2.64. The maximum atomic E-state index is 12.0. The van der Waals surface area contributed by atoms with Crippen molar-refractivity contribution in [2.75, 3.05) is 6.61 Å². The molecule has 6 heteroatoms. The summed E-state index contributed by atoms with van der Waals surface area (Å²) in [5.41, 5.74) is 3.10. The maximum Gasteiger partial charge on any atom is 0.339 e. The Labute approximate surface area is 150 Å². The van der Waals surface area contributed by atoms with E-state index in [4.69, 9.17) is 14.4 Å². The van der Waals surface area contributed by atoms with E-state index in [0.717, 1.165) is 11.8 Å². The summed E-state index contributed by atoms with van der Waals surface area (Å²) in [6.45, 7) is 0.538. The van der Waals surface area contributed by atoms with Crippen molar-refractivity contribution in [3.8, 4) is 5.75 Å². The van der Waals surface area contributed by atoms with E-state index < -0.39 is 11.5 Å². The molecule has 0 aliphatic carbocycles. The Bertz CT molecular complexity index is 949. The zero-order chi connectivity index (χ0) is 18.4. The molecule has 26 heavy (non-hydrogen) atoms. The van der Waals surface area contributed by atoms with Crippen LogP contribution >= 0.6 is 0 Å². The van der Waals surface area contributed by atoms with Crippen LogP contribution < -0.4 is 15.8 Å². The van der Waals surface area contributed by atoms with Crippen LogP contribution in [0.5, 0.6) is 5.75 Å². The molecular formula is C20H19NO5. The normalized spacial score (nSPS) is 10.7. The van der Waals surface area contributed by atoms with Crippen molar-refractivity contribution in [2.24, 2.45) is 0 Å². The monoisotopic (exact) mass is 353 g/mol.